The highest BCUT2D eigenvalue weighted by Crippen LogP contribution is 2.35. The summed E-state index contributed by atoms with van der Waals surface area (Å²) in [5, 5.41) is 1.82. The van der Waals surface area contributed by atoms with E-state index in [0.717, 1.165) is 43.6 Å². The van der Waals surface area contributed by atoms with Crippen molar-refractivity contribution in [2.24, 2.45) is 0 Å². The van der Waals surface area contributed by atoms with Crippen LogP contribution in [0.3, 0.4) is 0 Å². The van der Waals surface area contributed by atoms with Crippen molar-refractivity contribution in [1.82, 2.24) is 14.7 Å². The number of likely N-dealkylation sites (tertiary alicyclic amines) is 1. The fraction of sp³-hybridized carbons (Fsp3) is 0.481. The summed E-state index contributed by atoms with van der Waals surface area (Å²) in [4.78, 5) is 31.6. The van der Waals surface area contributed by atoms with Gasteiger partial charge in [-0.1, -0.05) is 58.5 Å². The standard InChI is InChI=1S/C27H33Cl4N3O2/c1-18(35)33(4)21-9-12-34(13-10-21)14-11-27(2,20-6-8-23(29)25(31)16-20)26(36)32(3)17-19-5-7-22(28)24(30)15-19/h5-8,15-16,21H,9-14,17H2,1-4H3. The molecule has 1 fully saturated rings. The largest absolute Gasteiger partial charge is 0.343 e. The number of carbonyl (C=O) groups excluding carboxylic acids is 2. The van der Waals surface area contributed by atoms with E-state index in [1.54, 1.807) is 43.1 Å². The molecular weight excluding hydrogens is 540 g/mol. The molecule has 3 rings (SSSR count). The summed E-state index contributed by atoms with van der Waals surface area (Å²) >= 11 is 24.8. The lowest BCUT2D eigenvalue weighted by atomic mass is 9.77. The molecule has 1 atom stereocenters. The molecule has 0 saturated carbocycles. The first-order valence-corrected chi connectivity index (χ1v) is 13.5. The van der Waals surface area contributed by atoms with Crippen LogP contribution in [0.2, 0.25) is 20.1 Å². The molecule has 2 amide bonds. The number of benzene rings is 2. The highest BCUT2D eigenvalue weighted by atomic mass is 35.5. The number of hydrogen-bond donors (Lipinski definition) is 0. The highest BCUT2D eigenvalue weighted by molar-refractivity contribution is 6.42. The van der Waals surface area contributed by atoms with Crippen LogP contribution in [-0.2, 0) is 21.5 Å². The smallest absolute Gasteiger partial charge is 0.233 e. The molecule has 0 aromatic heterocycles. The van der Waals surface area contributed by atoms with Gasteiger partial charge >= 0.3 is 0 Å². The summed E-state index contributed by atoms with van der Waals surface area (Å²) in [6.45, 7) is 6.49. The molecule has 1 saturated heterocycles. The van der Waals surface area contributed by atoms with Gasteiger partial charge in [-0.15, -0.1) is 0 Å². The molecule has 5 nitrogen and oxygen atoms in total. The number of carbonyl (C=O) groups is 2. The van der Waals surface area contributed by atoms with Gasteiger partial charge in [-0.2, -0.15) is 0 Å². The molecule has 0 bridgehead atoms. The van der Waals surface area contributed by atoms with Gasteiger partial charge in [0, 0.05) is 46.7 Å². The maximum atomic E-state index is 13.9. The van der Waals surface area contributed by atoms with Crippen LogP contribution in [0.4, 0.5) is 0 Å². The van der Waals surface area contributed by atoms with Gasteiger partial charge in [0.2, 0.25) is 11.8 Å². The Morgan fingerprint density at radius 2 is 1.53 bits per heavy atom. The first-order valence-electron chi connectivity index (χ1n) is 12.0. The first kappa shape index (κ1) is 29.1. The Labute approximate surface area is 234 Å². The molecule has 0 aliphatic carbocycles. The third-order valence-corrected chi connectivity index (χ3v) is 8.79. The summed E-state index contributed by atoms with van der Waals surface area (Å²) in [5.74, 6) is 0.0782. The Morgan fingerprint density at radius 1 is 0.944 bits per heavy atom. The molecule has 1 aliphatic heterocycles. The van der Waals surface area contributed by atoms with Crippen molar-refractivity contribution in [1.29, 1.82) is 0 Å². The number of piperidine rings is 1. The summed E-state index contributed by atoms with van der Waals surface area (Å²) < 4.78 is 0. The van der Waals surface area contributed by atoms with Gasteiger partial charge in [0.15, 0.2) is 0 Å². The van der Waals surface area contributed by atoms with Gasteiger partial charge < -0.3 is 14.7 Å². The normalized spacial score (nSPS) is 16.4. The SMILES string of the molecule is CC(=O)N(C)C1CCN(CCC(C)(C(=O)N(C)Cc2ccc(Cl)c(Cl)c2)c2ccc(Cl)c(Cl)c2)CC1. The average Bonchev–Trinajstić information content (AvgIpc) is 2.85. The van der Waals surface area contributed by atoms with E-state index in [4.69, 9.17) is 46.4 Å². The van der Waals surface area contributed by atoms with Crippen LogP contribution in [0.5, 0.6) is 0 Å². The Kier molecular flexibility index (Phi) is 9.98. The van der Waals surface area contributed by atoms with Gasteiger partial charge in [-0.05, 0) is 68.1 Å². The molecule has 36 heavy (non-hydrogen) atoms. The van der Waals surface area contributed by atoms with E-state index >= 15 is 0 Å². The number of amides is 2. The van der Waals surface area contributed by atoms with Gasteiger partial charge in [0.25, 0.3) is 0 Å². The molecule has 2 aromatic rings. The monoisotopic (exact) mass is 571 g/mol. The zero-order valence-corrected chi connectivity index (χ0v) is 24.2. The molecule has 9 heteroatoms. The minimum atomic E-state index is -0.813. The minimum absolute atomic E-state index is 0.0156. The molecule has 0 spiro atoms. The summed E-state index contributed by atoms with van der Waals surface area (Å²) in [6, 6.07) is 11.1. The van der Waals surface area contributed by atoms with Crippen LogP contribution >= 0.6 is 46.4 Å². The fourth-order valence-electron chi connectivity index (χ4n) is 4.79. The predicted molar refractivity (Wildman–Crippen MR) is 149 cm³/mol. The predicted octanol–water partition coefficient (Wildman–Crippen LogP) is 6.55. The second-order valence-electron chi connectivity index (χ2n) is 9.82. The molecule has 0 N–H and O–H groups in total. The van der Waals surface area contributed by atoms with Crippen molar-refractivity contribution >= 4 is 58.2 Å². The lowest BCUT2D eigenvalue weighted by molar-refractivity contribution is -0.136. The molecule has 1 unspecified atom stereocenters. The number of rotatable bonds is 8. The summed E-state index contributed by atoms with van der Waals surface area (Å²) in [7, 11) is 3.66. The van der Waals surface area contributed by atoms with Crippen LogP contribution in [0.1, 0.15) is 44.2 Å². The highest BCUT2D eigenvalue weighted by Gasteiger charge is 2.38. The first-order chi connectivity index (χ1) is 16.9. The van der Waals surface area contributed by atoms with E-state index in [-0.39, 0.29) is 17.9 Å². The summed E-state index contributed by atoms with van der Waals surface area (Å²) in [5.41, 5.74) is 0.911. The number of hydrogen-bond acceptors (Lipinski definition) is 3. The fourth-order valence-corrected chi connectivity index (χ4v) is 5.41. The van der Waals surface area contributed by atoms with Crippen LogP contribution in [-0.4, -0.2) is 66.3 Å². The average molecular weight is 573 g/mol. The second-order valence-corrected chi connectivity index (χ2v) is 11.5. The van der Waals surface area contributed by atoms with Crippen LogP contribution in [0.25, 0.3) is 0 Å². The van der Waals surface area contributed by atoms with Crippen LogP contribution in [0.15, 0.2) is 36.4 Å². The minimum Gasteiger partial charge on any atom is -0.343 e. The van der Waals surface area contributed by atoms with E-state index in [9.17, 15) is 9.59 Å². The van der Waals surface area contributed by atoms with Crippen molar-refractivity contribution in [3.05, 3.63) is 67.6 Å². The zero-order valence-electron chi connectivity index (χ0n) is 21.2. The van der Waals surface area contributed by atoms with Gasteiger partial charge in [-0.3, -0.25) is 9.59 Å². The lowest BCUT2D eigenvalue weighted by Gasteiger charge is -2.39. The molecule has 1 heterocycles. The topological polar surface area (TPSA) is 43.9 Å². The lowest BCUT2D eigenvalue weighted by Crippen LogP contribution is -2.48. The van der Waals surface area contributed by atoms with Crippen molar-refractivity contribution in [2.75, 3.05) is 33.7 Å². The Morgan fingerprint density at radius 3 is 2.08 bits per heavy atom. The van der Waals surface area contributed by atoms with Crippen molar-refractivity contribution in [2.45, 2.75) is 51.1 Å². The molecule has 196 valence electrons. The molecule has 2 aromatic carbocycles. The molecule has 1 aliphatic rings. The van der Waals surface area contributed by atoms with E-state index in [2.05, 4.69) is 4.90 Å². The zero-order chi connectivity index (χ0) is 26.6. The van der Waals surface area contributed by atoms with E-state index in [1.807, 2.05) is 31.0 Å². The molecular formula is C27H33Cl4N3O2. The Bertz CT molecular complexity index is 1100. The van der Waals surface area contributed by atoms with Gasteiger partial charge in [-0.25, -0.2) is 0 Å². The third-order valence-electron chi connectivity index (χ3n) is 7.31. The van der Waals surface area contributed by atoms with Gasteiger partial charge in [0.1, 0.15) is 0 Å². The van der Waals surface area contributed by atoms with E-state index in [1.165, 1.54) is 0 Å². The van der Waals surface area contributed by atoms with E-state index < -0.39 is 5.41 Å². The third kappa shape index (κ3) is 6.87. The van der Waals surface area contributed by atoms with Gasteiger partial charge in [0.05, 0.1) is 25.5 Å². The maximum absolute atomic E-state index is 13.9. The van der Waals surface area contributed by atoms with Crippen LogP contribution < -0.4 is 0 Å². The van der Waals surface area contributed by atoms with Crippen molar-refractivity contribution < 1.29 is 9.59 Å². The molecule has 0 radical (unpaired) electrons. The van der Waals surface area contributed by atoms with Crippen molar-refractivity contribution in [3.63, 3.8) is 0 Å². The number of likely N-dealkylation sites (N-methyl/N-ethyl adjacent to an activating group) is 1. The number of nitrogens with zero attached hydrogens (tertiary/aromatic N) is 3. The second kappa shape index (κ2) is 12.4. The maximum Gasteiger partial charge on any atom is 0.233 e. The van der Waals surface area contributed by atoms with Crippen molar-refractivity contribution in [3.8, 4) is 0 Å². The summed E-state index contributed by atoms with van der Waals surface area (Å²) in [6.07, 6.45) is 2.46. The Balaban J connectivity index is 1.77. The van der Waals surface area contributed by atoms with Crippen LogP contribution in [0, 0.1) is 0 Å². The van der Waals surface area contributed by atoms with E-state index in [0.29, 0.717) is 33.1 Å². The number of halogens is 4. The Hall–Kier alpha value is -1.50. The quantitative estimate of drug-likeness (QED) is 0.360.